The van der Waals surface area contributed by atoms with E-state index >= 15 is 0 Å². The van der Waals surface area contributed by atoms with Crippen molar-refractivity contribution in [1.82, 2.24) is 10.2 Å². The van der Waals surface area contributed by atoms with E-state index in [1.807, 2.05) is 4.90 Å². The lowest BCUT2D eigenvalue weighted by molar-refractivity contribution is -0.138. The zero-order chi connectivity index (χ0) is 25.2. The fraction of sp³-hybridized carbons (Fsp3) is 0.480. The molecular formula is C25H27F6N3O. The van der Waals surface area contributed by atoms with Crippen LogP contribution >= 0.6 is 0 Å². The first-order valence-corrected chi connectivity index (χ1v) is 11.6. The summed E-state index contributed by atoms with van der Waals surface area (Å²) in [4.78, 5) is 16.5. The van der Waals surface area contributed by atoms with Crippen LogP contribution < -0.4 is 10.2 Å². The molecule has 1 saturated heterocycles. The van der Waals surface area contributed by atoms with Gasteiger partial charge in [0, 0.05) is 44.3 Å². The van der Waals surface area contributed by atoms with Crippen LogP contribution in [0.25, 0.3) is 0 Å². The zero-order valence-corrected chi connectivity index (χ0v) is 19.0. The number of nitrogens with zero attached hydrogens (tertiary/aromatic N) is 2. The van der Waals surface area contributed by atoms with Gasteiger partial charge < -0.3 is 10.2 Å². The Labute approximate surface area is 199 Å². The summed E-state index contributed by atoms with van der Waals surface area (Å²) in [6.45, 7) is 3.98. The summed E-state index contributed by atoms with van der Waals surface area (Å²) >= 11 is 0. The molecule has 2 aromatic carbocycles. The summed E-state index contributed by atoms with van der Waals surface area (Å²) in [5, 5.41) is 2.91. The molecule has 0 spiro atoms. The third-order valence-electron chi connectivity index (χ3n) is 6.65. The van der Waals surface area contributed by atoms with E-state index in [0.29, 0.717) is 31.7 Å². The highest BCUT2D eigenvalue weighted by Crippen LogP contribution is 2.48. The van der Waals surface area contributed by atoms with Crippen molar-refractivity contribution in [1.29, 1.82) is 0 Å². The molecule has 10 heteroatoms. The van der Waals surface area contributed by atoms with Gasteiger partial charge in [-0.1, -0.05) is 18.2 Å². The maximum absolute atomic E-state index is 12.9. The Balaban J connectivity index is 1.14. The highest BCUT2D eigenvalue weighted by molar-refractivity contribution is 5.82. The zero-order valence-electron chi connectivity index (χ0n) is 19.0. The summed E-state index contributed by atoms with van der Waals surface area (Å²) in [6, 6.07) is 10.4. The molecule has 1 amide bonds. The number of carbonyl (C=O) groups is 1. The molecule has 0 bridgehead atoms. The number of anilines is 1. The van der Waals surface area contributed by atoms with Crippen LogP contribution in [-0.4, -0.2) is 50.1 Å². The normalized spacial score (nSPS) is 21.1. The number of alkyl halides is 6. The molecule has 1 aliphatic carbocycles. The molecule has 1 heterocycles. The monoisotopic (exact) mass is 499 g/mol. The molecule has 1 N–H and O–H groups in total. The highest BCUT2D eigenvalue weighted by Gasteiger charge is 2.44. The van der Waals surface area contributed by atoms with Crippen LogP contribution in [0.3, 0.4) is 0 Å². The third kappa shape index (κ3) is 6.48. The van der Waals surface area contributed by atoms with E-state index < -0.39 is 23.5 Å². The average molecular weight is 499 g/mol. The Kier molecular flexibility index (Phi) is 7.30. The third-order valence-corrected chi connectivity index (χ3v) is 6.65. The maximum atomic E-state index is 12.9. The van der Waals surface area contributed by atoms with E-state index in [4.69, 9.17) is 0 Å². The lowest BCUT2D eigenvalue weighted by Crippen LogP contribution is -2.47. The van der Waals surface area contributed by atoms with Crippen LogP contribution in [0.5, 0.6) is 0 Å². The Morgan fingerprint density at radius 3 is 2.17 bits per heavy atom. The van der Waals surface area contributed by atoms with Gasteiger partial charge in [0.2, 0.25) is 5.91 Å². The largest absolute Gasteiger partial charge is 0.416 e. The summed E-state index contributed by atoms with van der Waals surface area (Å²) in [6.07, 6.45) is -7.36. The topological polar surface area (TPSA) is 35.6 Å². The van der Waals surface area contributed by atoms with Gasteiger partial charge >= 0.3 is 12.4 Å². The standard InChI is InChI=1S/C25H27F6N3O/c26-24(27,28)18-7-5-17(6-8-18)21-16-22(21)23(35)32-9-2-10-33-11-13-34(14-12-33)20-4-1-3-19(15-20)25(29,30)31/h1,3-8,15,21-22H,2,9-14,16H2,(H,32,35). The van der Waals surface area contributed by atoms with Crippen molar-refractivity contribution in [2.45, 2.75) is 31.1 Å². The molecule has 35 heavy (non-hydrogen) atoms. The molecule has 2 aliphatic rings. The lowest BCUT2D eigenvalue weighted by atomic mass is 10.1. The number of amides is 1. The molecule has 4 nitrogen and oxygen atoms in total. The minimum absolute atomic E-state index is 0.0405. The van der Waals surface area contributed by atoms with Gasteiger partial charge in [0.15, 0.2) is 0 Å². The first-order chi connectivity index (χ1) is 16.5. The van der Waals surface area contributed by atoms with Crippen molar-refractivity contribution < 1.29 is 31.1 Å². The Hall–Kier alpha value is -2.75. The van der Waals surface area contributed by atoms with Gasteiger partial charge in [0.1, 0.15) is 0 Å². The van der Waals surface area contributed by atoms with Gasteiger partial charge in [0.05, 0.1) is 11.1 Å². The van der Waals surface area contributed by atoms with Crippen LogP contribution in [-0.2, 0) is 17.1 Å². The van der Waals surface area contributed by atoms with E-state index in [2.05, 4.69) is 10.2 Å². The predicted molar refractivity (Wildman–Crippen MR) is 120 cm³/mol. The molecule has 2 unspecified atom stereocenters. The first-order valence-electron chi connectivity index (χ1n) is 11.6. The van der Waals surface area contributed by atoms with Crippen LogP contribution in [0.2, 0.25) is 0 Å². The second kappa shape index (κ2) is 10.1. The SMILES string of the molecule is O=C(NCCCN1CCN(c2cccc(C(F)(F)F)c2)CC1)C1CC1c1ccc(C(F)(F)F)cc1. The molecule has 1 aliphatic heterocycles. The number of piperazine rings is 1. The van der Waals surface area contributed by atoms with E-state index in [1.165, 1.54) is 24.3 Å². The van der Waals surface area contributed by atoms with E-state index in [-0.39, 0.29) is 17.7 Å². The minimum atomic E-state index is -4.37. The van der Waals surface area contributed by atoms with E-state index in [9.17, 15) is 31.1 Å². The number of rotatable bonds is 7. The number of hydrogen-bond donors (Lipinski definition) is 1. The fourth-order valence-electron chi connectivity index (χ4n) is 4.53. The van der Waals surface area contributed by atoms with Gasteiger partial charge in [0.25, 0.3) is 0 Å². The van der Waals surface area contributed by atoms with Crippen molar-refractivity contribution >= 4 is 11.6 Å². The van der Waals surface area contributed by atoms with Crippen molar-refractivity contribution in [3.8, 4) is 0 Å². The highest BCUT2D eigenvalue weighted by atomic mass is 19.4. The Bertz CT molecular complexity index is 1010. The van der Waals surface area contributed by atoms with Crippen molar-refractivity contribution in [2.75, 3.05) is 44.2 Å². The fourth-order valence-corrected chi connectivity index (χ4v) is 4.53. The molecule has 1 saturated carbocycles. The average Bonchev–Trinajstić information content (AvgIpc) is 3.62. The number of benzene rings is 2. The summed E-state index contributed by atoms with van der Waals surface area (Å²) in [5.74, 6) is -0.326. The van der Waals surface area contributed by atoms with Gasteiger partial charge in [-0.25, -0.2) is 0 Å². The molecule has 4 rings (SSSR count). The van der Waals surface area contributed by atoms with Crippen LogP contribution in [0, 0.1) is 5.92 Å². The molecule has 190 valence electrons. The summed E-state index contributed by atoms with van der Waals surface area (Å²) < 4.78 is 76.9. The smallest absolute Gasteiger partial charge is 0.369 e. The van der Waals surface area contributed by atoms with Crippen molar-refractivity contribution in [2.24, 2.45) is 5.92 Å². The van der Waals surface area contributed by atoms with E-state index in [1.54, 1.807) is 6.07 Å². The number of nitrogens with one attached hydrogen (secondary N) is 1. The van der Waals surface area contributed by atoms with Gasteiger partial charge in [-0.2, -0.15) is 26.3 Å². The second-order valence-corrected chi connectivity index (χ2v) is 9.09. The summed E-state index contributed by atoms with van der Waals surface area (Å²) in [5.41, 5.74) is -0.0291. The molecule has 2 fully saturated rings. The maximum Gasteiger partial charge on any atom is 0.416 e. The van der Waals surface area contributed by atoms with Crippen molar-refractivity contribution in [3.63, 3.8) is 0 Å². The van der Waals surface area contributed by atoms with Crippen molar-refractivity contribution in [3.05, 3.63) is 65.2 Å². The van der Waals surface area contributed by atoms with Gasteiger partial charge in [-0.15, -0.1) is 0 Å². The van der Waals surface area contributed by atoms with E-state index in [0.717, 1.165) is 49.8 Å². The quantitative estimate of drug-likeness (QED) is 0.423. The molecular weight excluding hydrogens is 472 g/mol. The van der Waals surface area contributed by atoms with Gasteiger partial charge in [-0.3, -0.25) is 9.69 Å². The molecule has 0 radical (unpaired) electrons. The molecule has 2 atom stereocenters. The van der Waals surface area contributed by atoms with Gasteiger partial charge in [-0.05, 0) is 61.2 Å². The minimum Gasteiger partial charge on any atom is -0.369 e. The summed E-state index contributed by atoms with van der Waals surface area (Å²) in [7, 11) is 0. The van der Waals surface area contributed by atoms with Crippen LogP contribution in [0.1, 0.15) is 35.4 Å². The molecule has 0 aromatic heterocycles. The number of hydrogen-bond acceptors (Lipinski definition) is 3. The molecule has 2 aromatic rings. The van der Waals surface area contributed by atoms with Crippen LogP contribution in [0.15, 0.2) is 48.5 Å². The second-order valence-electron chi connectivity index (χ2n) is 9.09. The predicted octanol–water partition coefficient (Wildman–Crippen LogP) is 5.16. The van der Waals surface area contributed by atoms with Crippen LogP contribution in [0.4, 0.5) is 32.0 Å². The number of carbonyl (C=O) groups excluding carboxylic acids is 1. The Morgan fingerprint density at radius 1 is 0.886 bits per heavy atom. The number of halogens is 6. The first kappa shape index (κ1) is 25.3. The lowest BCUT2D eigenvalue weighted by Gasteiger charge is -2.36. The Morgan fingerprint density at radius 2 is 1.54 bits per heavy atom.